The summed E-state index contributed by atoms with van der Waals surface area (Å²) in [6.45, 7) is 0. The maximum absolute atomic E-state index is 13.5. The number of hydrogen-bond donors (Lipinski definition) is 1. The number of benzene rings is 1. The van der Waals surface area contributed by atoms with E-state index in [-0.39, 0.29) is 15.5 Å². The molecular formula is C11H7FN2O2S2. The van der Waals surface area contributed by atoms with E-state index >= 15 is 0 Å². The van der Waals surface area contributed by atoms with E-state index in [2.05, 4.69) is 4.72 Å². The molecule has 1 aromatic carbocycles. The van der Waals surface area contributed by atoms with Crippen LogP contribution in [0.2, 0.25) is 0 Å². The van der Waals surface area contributed by atoms with Crippen molar-refractivity contribution in [3.8, 4) is 6.07 Å². The summed E-state index contributed by atoms with van der Waals surface area (Å²) in [5, 5.41) is 10.2. The highest BCUT2D eigenvalue weighted by molar-refractivity contribution is 7.94. The number of hydrogen-bond acceptors (Lipinski definition) is 4. The molecule has 0 aliphatic rings. The Morgan fingerprint density at radius 1 is 1.33 bits per heavy atom. The van der Waals surface area contributed by atoms with Gasteiger partial charge >= 0.3 is 0 Å². The molecule has 0 unspecified atom stereocenters. The summed E-state index contributed by atoms with van der Waals surface area (Å²) in [4.78, 5) is 0. The van der Waals surface area contributed by atoms with Crippen LogP contribution >= 0.6 is 11.3 Å². The monoisotopic (exact) mass is 282 g/mol. The lowest BCUT2D eigenvalue weighted by molar-refractivity contribution is 0.600. The second-order valence-electron chi connectivity index (χ2n) is 3.34. The smallest absolute Gasteiger partial charge is 0.271 e. The summed E-state index contributed by atoms with van der Waals surface area (Å²) < 4.78 is 39.4. The Hall–Kier alpha value is -1.91. The van der Waals surface area contributed by atoms with E-state index in [0.29, 0.717) is 0 Å². The van der Waals surface area contributed by atoms with E-state index in [0.717, 1.165) is 17.4 Å². The SMILES string of the molecule is N#Cc1ccc(NS(=O)(=O)c2cccs2)c(F)c1. The molecular weight excluding hydrogens is 275 g/mol. The first-order chi connectivity index (χ1) is 8.53. The van der Waals surface area contributed by atoms with Gasteiger partial charge in [0, 0.05) is 0 Å². The molecule has 0 fully saturated rings. The summed E-state index contributed by atoms with van der Waals surface area (Å²) in [5.41, 5.74) is -0.0472. The molecule has 92 valence electrons. The van der Waals surface area contributed by atoms with Crippen LogP contribution in [0.15, 0.2) is 39.9 Å². The molecule has 0 bridgehead atoms. The molecule has 2 aromatic rings. The van der Waals surface area contributed by atoms with Gasteiger partial charge in [0.2, 0.25) is 0 Å². The molecule has 4 nitrogen and oxygen atoms in total. The zero-order valence-electron chi connectivity index (χ0n) is 8.92. The summed E-state index contributed by atoms with van der Waals surface area (Å²) >= 11 is 1.04. The van der Waals surface area contributed by atoms with E-state index in [1.807, 2.05) is 0 Å². The largest absolute Gasteiger partial charge is 0.276 e. The Morgan fingerprint density at radius 3 is 2.67 bits per heavy atom. The van der Waals surface area contributed by atoms with Crippen molar-refractivity contribution in [2.24, 2.45) is 0 Å². The summed E-state index contributed by atoms with van der Waals surface area (Å²) in [7, 11) is -3.77. The Labute approximate surface area is 107 Å². The van der Waals surface area contributed by atoms with Gasteiger partial charge in [0.05, 0.1) is 17.3 Å². The topological polar surface area (TPSA) is 70.0 Å². The lowest BCUT2D eigenvalue weighted by atomic mass is 10.2. The molecule has 0 saturated carbocycles. The van der Waals surface area contributed by atoms with Crippen molar-refractivity contribution in [2.45, 2.75) is 4.21 Å². The number of nitrogens with zero attached hydrogens (tertiary/aromatic N) is 1. The van der Waals surface area contributed by atoms with Gasteiger partial charge in [0.1, 0.15) is 10.0 Å². The highest BCUT2D eigenvalue weighted by atomic mass is 32.2. The van der Waals surface area contributed by atoms with Crippen LogP contribution in [0.3, 0.4) is 0 Å². The molecule has 0 spiro atoms. The highest BCUT2D eigenvalue weighted by Crippen LogP contribution is 2.22. The van der Waals surface area contributed by atoms with Crippen molar-refractivity contribution in [3.05, 3.63) is 47.1 Å². The van der Waals surface area contributed by atoms with Crippen molar-refractivity contribution >= 4 is 27.0 Å². The number of rotatable bonds is 3. The summed E-state index contributed by atoms with van der Waals surface area (Å²) in [6.07, 6.45) is 0. The van der Waals surface area contributed by atoms with Crippen LogP contribution in [0.25, 0.3) is 0 Å². The standard InChI is InChI=1S/C11H7FN2O2S2/c12-9-6-8(7-13)3-4-10(9)14-18(15,16)11-2-1-5-17-11/h1-6,14H. The molecule has 0 atom stereocenters. The molecule has 0 saturated heterocycles. The fourth-order valence-corrected chi connectivity index (χ4v) is 3.34. The number of nitriles is 1. The molecule has 0 radical (unpaired) electrons. The molecule has 7 heteroatoms. The predicted molar refractivity (Wildman–Crippen MR) is 66.2 cm³/mol. The van der Waals surface area contributed by atoms with Crippen LogP contribution < -0.4 is 4.72 Å². The summed E-state index contributed by atoms with van der Waals surface area (Å²) in [6, 6.07) is 8.33. The van der Waals surface area contributed by atoms with Gasteiger partial charge in [-0.3, -0.25) is 4.72 Å². The van der Waals surface area contributed by atoms with E-state index < -0.39 is 15.8 Å². The minimum atomic E-state index is -3.77. The average molecular weight is 282 g/mol. The van der Waals surface area contributed by atoms with Gasteiger partial charge in [-0.2, -0.15) is 5.26 Å². The van der Waals surface area contributed by atoms with Crippen LogP contribution in [0, 0.1) is 17.1 Å². The predicted octanol–water partition coefficient (Wildman–Crippen LogP) is 2.56. The van der Waals surface area contributed by atoms with Crippen LogP contribution in [0.5, 0.6) is 0 Å². The molecule has 1 heterocycles. The zero-order valence-corrected chi connectivity index (χ0v) is 10.6. The van der Waals surface area contributed by atoms with Crippen LogP contribution in [0.1, 0.15) is 5.56 Å². The van der Waals surface area contributed by atoms with Gasteiger partial charge in [-0.25, -0.2) is 12.8 Å². The number of anilines is 1. The lowest BCUT2D eigenvalue weighted by Gasteiger charge is -2.07. The number of nitrogens with one attached hydrogen (secondary N) is 1. The Kier molecular flexibility index (Phi) is 3.32. The van der Waals surface area contributed by atoms with Crippen molar-refractivity contribution in [1.82, 2.24) is 0 Å². The first kappa shape index (κ1) is 12.5. The summed E-state index contributed by atoms with van der Waals surface area (Å²) in [5.74, 6) is -0.783. The second kappa shape index (κ2) is 4.76. The van der Waals surface area contributed by atoms with Gasteiger partial charge in [0.25, 0.3) is 10.0 Å². The van der Waals surface area contributed by atoms with E-state index in [1.165, 1.54) is 18.2 Å². The maximum atomic E-state index is 13.5. The first-order valence-corrected chi connectivity index (χ1v) is 7.15. The van der Waals surface area contributed by atoms with Crippen molar-refractivity contribution < 1.29 is 12.8 Å². The van der Waals surface area contributed by atoms with Gasteiger partial charge < -0.3 is 0 Å². The molecule has 0 aliphatic heterocycles. The quantitative estimate of drug-likeness (QED) is 0.940. The molecule has 2 rings (SSSR count). The molecule has 1 aromatic heterocycles. The van der Waals surface area contributed by atoms with Crippen LogP contribution in [-0.2, 0) is 10.0 Å². The normalized spacial score (nSPS) is 10.9. The Morgan fingerprint density at radius 2 is 2.11 bits per heavy atom. The fourth-order valence-electron chi connectivity index (χ4n) is 1.28. The van der Waals surface area contributed by atoms with Gasteiger partial charge in [-0.15, -0.1) is 11.3 Å². The molecule has 0 amide bonds. The number of sulfonamides is 1. The van der Waals surface area contributed by atoms with Gasteiger partial charge in [-0.05, 0) is 29.6 Å². The van der Waals surface area contributed by atoms with Crippen molar-refractivity contribution in [2.75, 3.05) is 4.72 Å². The van der Waals surface area contributed by atoms with E-state index in [1.54, 1.807) is 17.5 Å². The van der Waals surface area contributed by atoms with Crippen LogP contribution in [-0.4, -0.2) is 8.42 Å². The van der Waals surface area contributed by atoms with E-state index in [4.69, 9.17) is 5.26 Å². The van der Waals surface area contributed by atoms with Gasteiger partial charge in [0.15, 0.2) is 0 Å². The third kappa shape index (κ3) is 2.50. The average Bonchev–Trinajstić information content (AvgIpc) is 2.86. The Balaban J connectivity index is 2.33. The maximum Gasteiger partial charge on any atom is 0.271 e. The molecule has 0 aliphatic carbocycles. The number of halogens is 1. The molecule has 18 heavy (non-hydrogen) atoms. The Bertz CT molecular complexity index is 703. The minimum absolute atomic E-state index is 0.103. The van der Waals surface area contributed by atoms with Crippen molar-refractivity contribution in [3.63, 3.8) is 0 Å². The lowest BCUT2D eigenvalue weighted by Crippen LogP contribution is -2.12. The molecule has 1 N–H and O–H groups in total. The van der Waals surface area contributed by atoms with Crippen molar-refractivity contribution in [1.29, 1.82) is 5.26 Å². The van der Waals surface area contributed by atoms with E-state index in [9.17, 15) is 12.8 Å². The third-order valence-corrected chi connectivity index (χ3v) is 4.87. The highest BCUT2D eigenvalue weighted by Gasteiger charge is 2.17. The number of thiophene rings is 1. The zero-order chi connectivity index (χ0) is 13.2. The second-order valence-corrected chi connectivity index (χ2v) is 6.20. The fraction of sp³-hybridized carbons (Fsp3) is 0. The third-order valence-electron chi connectivity index (χ3n) is 2.10. The minimum Gasteiger partial charge on any atom is -0.276 e. The van der Waals surface area contributed by atoms with Gasteiger partial charge in [-0.1, -0.05) is 6.07 Å². The first-order valence-electron chi connectivity index (χ1n) is 4.79. The van der Waals surface area contributed by atoms with Crippen LogP contribution in [0.4, 0.5) is 10.1 Å².